The number of nitrogens with two attached hydrogens (primary N) is 1. The fraction of sp³-hybridized carbons (Fsp3) is 0.875. The van der Waals surface area contributed by atoms with E-state index in [1.54, 1.807) is 0 Å². The summed E-state index contributed by atoms with van der Waals surface area (Å²) in [4.78, 5) is 10.6. The Morgan fingerprint density at radius 2 is 1.83 bits per heavy atom. The van der Waals surface area contributed by atoms with Crippen LogP contribution in [-0.4, -0.2) is 16.6 Å². The second kappa shape index (κ2) is 2.60. The Bertz CT molecular complexity index is 205. The minimum Gasteiger partial charge on any atom is -0.480 e. The van der Waals surface area contributed by atoms with Crippen molar-refractivity contribution in [2.75, 3.05) is 0 Å². The molecule has 70 valence electrons. The maximum atomic E-state index is 10.6. The highest BCUT2D eigenvalue weighted by Gasteiger charge is 2.58. The SMILES string of the molecule is Cl.NC1(C(=O)O)CC2(CCC2)C1. The zero-order chi connectivity index (χ0) is 8.11. The molecule has 2 rings (SSSR count). The van der Waals surface area contributed by atoms with E-state index in [1.807, 2.05) is 0 Å². The maximum Gasteiger partial charge on any atom is 0.323 e. The van der Waals surface area contributed by atoms with Crippen LogP contribution >= 0.6 is 12.4 Å². The molecule has 1 spiro atoms. The first-order valence-corrected chi connectivity index (χ1v) is 4.09. The Balaban J connectivity index is 0.000000720. The normalized spacial score (nSPS) is 28.1. The molecule has 0 heterocycles. The number of halogens is 1. The number of carboxylic acid groups (broad SMARTS) is 1. The van der Waals surface area contributed by atoms with Crippen molar-refractivity contribution in [1.82, 2.24) is 0 Å². The van der Waals surface area contributed by atoms with Crippen molar-refractivity contribution >= 4 is 18.4 Å². The lowest BCUT2D eigenvalue weighted by Gasteiger charge is -2.57. The molecule has 2 fully saturated rings. The molecular formula is C8H14ClNO2. The van der Waals surface area contributed by atoms with Gasteiger partial charge in [0, 0.05) is 0 Å². The molecule has 2 saturated carbocycles. The predicted molar refractivity (Wildman–Crippen MR) is 47.3 cm³/mol. The summed E-state index contributed by atoms with van der Waals surface area (Å²) in [5.74, 6) is -0.824. The lowest BCUT2D eigenvalue weighted by atomic mass is 9.49. The summed E-state index contributed by atoms with van der Waals surface area (Å²) in [5.41, 5.74) is 5.11. The zero-order valence-corrected chi connectivity index (χ0v) is 7.69. The molecule has 0 aromatic heterocycles. The predicted octanol–water partition coefficient (Wildman–Crippen LogP) is 1.15. The van der Waals surface area contributed by atoms with Crippen LogP contribution in [0, 0.1) is 5.41 Å². The monoisotopic (exact) mass is 191 g/mol. The summed E-state index contributed by atoms with van der Waals surface area (Å²) in [6, 6.07) is 0. The van der Waals surface area contributed by atoms with Gasteiger partial charge in [0.1, 0.15) is 5.54 Å². The highest BCUT2D eigenvalue weighted by Crippen LogP contribution is 2.59. The molecule has 2 aliphatic rings. The van der Waals surface area contributed by atoms with Gasteiger partial charge in [-0.3, -0.25) is 4.79 Å². The van der Waals surface area contributed by atoms with Gasteiger partial charge < -0.3 is 10.8 Å². The molecule has 12 heavy (non-hydrogen) atoms. The number of rotatable bonds is 1. The lowest BCUT2D eigenvalue weighted by molar-refractivity contribution is -0.158. The van der Waals surface area contributed by atoms with Crippen LogP contribution in [0.25, 0.3) is 0 Å². The number of carboxylic acids is 1. The van der Waals surface area contributed by atoms with Crippen LogP contribution < -0.4 is 5.73 Å². The summed E-state index contributed by atoms with van der Waals surface area (Å²) < 4.78 is 0. The molecule has 4 heteroatoms. The van der Waals surface area contributed by atoms with E-state index < -0.39 is 11.5 Å². The van der Waals surface area contributed by atoms with Crippen molar-refractivity contribution in [1.29, 1.82) is 0 Å². The summed E-state index contributed by atoms with van der Waals surface area (Å²) in [6.07, 6.45) is 5.05. The smallest absolute Gasteiger partial charge is 0.323 e. The quantitative estimate of drug-likeness (QED) is 0.654. The van der Waals surface area contributed by atoms with Gasteiger partial charge in [-0.15, -0.1) is 12.4 Å². The van der Waals surface area contributed by atoms with E-state index in [2.05, 4.69) is 0 Å². The second-order valence-electron chi connectivity index (χ2n) is 4.17. The van der Waals surface area contributed by atoms with Crippen LogP contribution in [0.1, 0.15) is 32.1 Å². The first-order chi connectivity index (χ1) is 5.06. The fourth-order valence-electron chi connectivity index (χ4n) is 2.47. The third kappa shape index (κ3) is 1.12. The average molecular weight is 192 g/mol. The molecule has 0 aromatic carbocycles. The van der Waals surface area contributed by atoms with Gasteiger partial charge >= 0.3 is 5.97 Å². The highest BCUT2D eigenvalue weighted by atomic mass is 35.5. The van der Waals surface area contributed by atoms with Crippen molar-refractivity contribution in [3.05, 3.63) is 0 Å². The van der Waals surface area contributed by atoms with Gasteiger partial charge in [-0.1, -0.05) is 6.42 Å². The van der Waals surface area contributed by atoms with Gasteiger partial charge in [0.15, 0.2) is 0 Å². The Morgan fingerprint density at radius 3 is 2.08 bits per heavy atom. The summed E-state index contributed by atoms with van der Waals surface area (Å²) in [5, 5.41) is 8.72. The number of hydrogen-bond donors (Lipinski definition) is 2. The van der Waals surface area contributed by atoms with Gasteiger partial charge in [0.2, 0.25) is 0 Å². The van der Waals surface area contributed by atoms with Gasteiger partial charge in [-0.25, -0.2) is 0 Å². The molecule has 0 atom stereocenters. The Labute approximate surface area is 77.7 Å². The van der Waals surface area contributed by atoms with E-state index >= 15 is 0 Å². The van der Waals surface area contributed by atoms with Crippen LogP contribution in [0.3, 0.4) is 0 Å². The minimum atomic E-state index is -0.875. The van der Waals surface area contributed by atoms with Crippen LogP contribution in [0.4, 0.5) is 0 Å². The van der Waals surface area contributed by atoms with Gasteiger partial charge in [-0.2, -0.15) is 0 Å². The van der Waals surface area contributed by atoms with Crippen molar-refractivity contribution in [3.63, 3.8) is 0 Å². The Kier molecular flexibility index (Phi) is 2.13. The van der Waals surface area contributed by atoms with Crippen molar-refractivity contribution in [2.45, 2.75) is 37.6 Å². The van der Waals surface area contributed by atoms with Crippen LogP contribution in [0.2, 0.25) is 0 Å². The van der Waals surface area contributed by atoms with E-state index in [0.29, 0.717) is 18.3 Å². The topological polar surface area (TPSA) is 63.3 Å². The molecule has 3 N–H and O–H groups in total. The standard InChI is InChI=1S/C8H13NO2.ClH/c9-8(6(10)11)4-7(5-8)2-1-3-7;/h1-5,9H2,(H,10,11);1H. The largest absolute Gasteiger partial charge is 0.480 e. The van der Waals surface area contributed by atoms with E-state index in [-0.39, 0.29) is 12.4 Å². The molecule has 0 aliphatic heterocycles. The molecule has 0 aromatic rings. The van der Waals surface area contributed by atoms with E-state index in [1.165, 1.54) is 19.3 Å². The van der Waals surface area contributed by atoms with Crippen LogP contribution in [-0.2, 0) is 4.79 Å². The van der Waals surface area contributed by atoms with Crippen molar-refractivity contribution in [3.8, 4) is 0 Å². The molecule has 0 unspecified atom stereocenters. The summed E-state index contributed by atoms with van der Waals surface area (Å²) in [6.45, 7) is 0. The minimum absolute atomic E-state index is 0. The first kappa shape index (κ1) is 9.81. The Hall–Kier alpha value is -0.280. The zero-order valence-electron chi connectivity index (χ0n) is 6.88. The second-order valence-corrected chi connectivity index (χ2v) is 4.17. The molecule has 2 aliphatic carbocycles. The van der Waals surface area contributed by atoms with Gasteiger partial charge in [-0.05, 0) is 31.1 Å². The van der Waals surface area contributed by atoms with Gasteiger partial charge in [0.05, 0.1) is 0 Å². The molecule has 0 radical (unpaired) electrons. The lowest BCUT2D eigenvalue weighted by Crippen LogP contribution is -2.64. The molecule has 0 amide bonds. The van der Waals surface area contributed by atoms with Gasteiger partial charge in [0.25, 0.3) is 0 Å². The third-order valence-corrected chi connectivity index (χ3v) is 3.22. The van der Waals surface area contributed by atoms with Crippen molar-refractivity contribution < 1.29 is 9.90 Å². The van der Waals surface area contributed by atoms with E-state index in [9.17, 15) is 4.79 Å². The highest BCUT2D eigenvalue weighted by molar-refractivity contribution is 5.85. The van der Waals surface area contributed by atoms with E-state index in [4.69, 9.17) is 10.8 Å². The molecule has 0 saturated heterocycles. The van der Waals surface area contributed by atoms with Crippen LogP contribution in [0.5, 0.6) is 0 Å². The number of aliphatic carboxylic acids is 1. The first-order valence-electron chi connectivity index (χ1n) is 4.09. The molecule has 0 bridgehead atoms. The number of hydrogen-bond acceptors (Lipinski definition) is 2. The maximum absolute atomic E-state index is 10.6. The molecule has 3 nitrogen and oxygen atoms in total. The third-order valence-electron chi connectivity index (χ3n) is 3.22. The van der Waals surface area contributed by atoms with Crippen molar-refractivity contribution in [2.24, 2.45) is 11.1 Å². The fourth-order valence-corrected chi connectivity index (χ4v) is 2.47. The number of carbonyl (C=O) groups is 1. The van der Waals surface area contributed by atoms with E-state index in [0.717, 1.165) is 0 Å². The average Bonchev–Trinajstić information content (AvgIpc) is 1.75. The van der Waals surface area contributed by atoms with Crippen LogP contribution in [0.15, 0.2) is 0 Å². The molecular weight excluding hydrogens is 178 g/mol. The Morgan fingerprint density at radius 1 is 1.33 bits per heavy atom. The summed E-state index contributed by atoms with van der Waals surface area (Å²) in [7, 11) is 0. The summed E-state index contributed by atoms with van der Waals surface area (Å²) >= 11 is 0.